The minimum Gasteiger partial charge on any atom is -0.356 e. The second-order valence-corrected chi connectivity index (χ2v) is 5.02. The zero-order valence-electron chi connectivity index (χ0n) is 8.13. The summed E-state index contributed by atoms with van der Waals surface area (Å²) in [4.78, 5) is 14.6. The summed E-state index contributed by atoms with van der Waals surface area (Å²) >= 11 is 6.61. The number of aromatic nitrogens is 1. The van der Waals surface area contributed by atoms with Gasteiger partial charge in [0.1, 0.15) is 5.69 Å². The molecule has 0 spiro atoms. The summed E-state index contributed by atoms with van der Waals surface area (Å²) in [5, 5.41) is 2.79. The molecule has 5 heteroatoms. The lowest BCUT2D eigenvalue weighted by atomic mass is 10.3. The highest BCUT2D eigenvalue weighted by atomic mass is 79.9. The highest BCUT2D eigenvalue weighted by Gasteiger charge is 2.07. The highest BCUT2D eigenvalue weighted by molar-refractivity contribution is 9.10. The quantitative estimate of drug-likeness (QED) is 0.856. The van der Waals surface area contributed by atoms with E-state index in [0.717, 1.165) is 14.6 Å². The van der Waals surface area contributed by atoms with E-state index < -0.39 is 0 Å². The standard InChI is InChI=1S/C11H8Br2N2O/c12-7-1-3-9(4-2-7)15-11(16)10-5-8(13)6-14-10/h1-6,14H,(H,15,16). The molecule has 2 aromatic rings. The van der Waals surface area contributed by atoms with Crippen molar-refractivity contribution in [3.8, 4) is 0 Å². The van der Waals surface area contributed by atoms with Crippen LogP contribution in [0.1, 0.15) is 10.5 Å². The summed E-state index contributed by atoms with van der Waals surface area (Å²) in [6.45, 7) is 0. The van der Waals surface area contributed by atoms with E-state index in [4.69, 9.17) is 0 Å². The number of hydrogen-bond donors (Lipinski definition) is 2. The van der Waals surface area contributed by atoms with E-state index in [1.807, 2.05) is 24.3 Å². The third-order valence-corrected chi connectivity index (χ3v) is 2.98. The number of carbonyl (C=O) groups is 1. The van der Waals surface area contributed by atoms with Crippen molar-refractivity contribution in [2.75, 3.05) is 5.32 Å². The Balaban J connectivity index is 2.10. The number of anilines is 1. The van der Waals surface area contributed by atoms with Crippen LogP contribution in [0.4, 0.5) is 5.69 Å². The number of nitrogens with one attached hydrogen (secondary N) is 2. The molecule has 1 aromatic heterocycles. The second-order valence-electron chi connectivity index (χ2n) is 3.19. The minimum atomic E-state index is -0.159. The molecule has 2 rings (SSSR count). The van der Waals surface area contributed by atoms with Gasteiger partial charge in [-0.3, -0.25) is 4.79 Å². The molecule has 1 aromatic carbocycles. The van der Waals surface area contributed by atoms with Crippen LogP contribution in [0.15, 0.2) is 45.5 Å². The van der Waals surface area contributed by atoms with Crippen LogP contribution in [0.3, 0.4) is 0 Å². The van der Waals surface area contributed by atoms with Crippen molar-refractivity contribution in [3.63, 3.8) is 0 Å². The Kier molecular flexibility index (Phi) is 3.46. The van der Waals surface area contributed by atoms with Crippen molar-refractivity contribution < 1.29 is 4.79 Å². The van der Waals surface area contributed by atoms with Gasteiger partial charge in [-0.1, -0.05) is 15.9 Å². The van der Waals surface area contributed by atoms with Gasteiger partial charge in [0.2, 0.25) is 0 Å². The molecular weight excluding hydrogens is 336 g/mol. The molecule has 0 atom stereocenters. The average molecular weight is 344 g/mol. The van der Waals surface area contributed by atoms with Gasteiger partial charge in [0.25, 0.3) is 5.91 Å². The summed E-state index contributed by atoms with van der Waals surface area (Å²) in [6.07, 6.45) is 1.72. The van der Waals surface area contributed by atoms with Crippen molar-refractivity contribution >= 4 is 43.5 Å². The first-order valence-electron chi connectivity index (χ1n) is 4.56. The fraction of sp³-hybridized carbons (Fsp3) is 0. The molecule has 3 nitrogen and oxygen atoms in total. The van der Waals surface area contributed by atoms with Crippen LogP contribution < -0.4 is 5.32 Å². The van der Waals surface area contributed by atoms with E-state index >= 15 is 0 Å². The highest BCUT2D eigenvalue weighted by Crippen LogP contribution is 2.16. The lowest BCUT2D eigenvalue weighted by Crippen LogP contribution is -2.11. The first-order chi connectivity index (χ1) is 7.65. The first kappa shape index (κ1) is 11.4. The third-order valence-electron chi connectivity index (χ3n) is 1.99. The van der Waals surface area contributed by atoms with E-state index in [1.165, 1.54) is 0 Å². The number of amides is 1. The third kappa shape index (κ3) is 2.74. The summed E-state index contributed by atoms with van der Waals surface area (Å²) in [6, 6.07) is 9.15. The minimum absolute atomic E-state index is 0.159. The average Bonchev–Trinajstić information content (AvgIpc) is 2.68. The van der Waals surface area contributed by atoms with Gasteiger partial charge in [0.05, 0.1) is 0 Å². The van der Waals surface area contributed by atoms with Crippen LogP contribution in [-0.2, 0) is 0 Å². The van der Waals surface area contributed by atoms with Gasteiger partial charge < -0.3 is 10.3 Å². The van der Waals surface area contributed by atoms with E-state index in [1.54, 1.807) is 12.3 Å². The van der Waals surface area contributed by atoms with Gasteiger partial charge in [0, 0.05) is 20.8 Å². The molecule has 1 amide bonds. The van der Waals surface area contributed by atoms with E-state index in [9.17, 15) is 4.79 Å². The summed E-state index contributed by atoms with van der Waals surface area (Å²) in [5.41, 5.74) is 1.29. The number of rotatable bonds is 2. The summed E-state index contributed by atoms with van der Waals surface area (Å²) < 4.78 is 1.83. The molecule has 0 radical (unpaired) electrons. The number of H-pyrrole nitrogens is 1. The molecule has 82 valence electrons. The van der Waals surface area contributed by atoms with Crippen molar-refractivity contribution in [2.45, 2.75) is 0 Å². The fourth-order valence-corrected chi connectivity index (χ4v) is 1.84. The maximum absolute atomic E-state index is 11.7. The van der Waals surface area contributed by atoms with Gasteiger partial charge in [0.15, 0.2) is 0 Å². The van der Waals surface area contributed by atoms with Crippen LogP contribution >= 0.6 is 31.9 Å². The van der Waals surface area contributed by atoms with Gasteiger partial charge in [-0.2, -0.15) is 0 Å². The Morgan fingerprint density at radius 3 is 2.38 bits per heavy atom. The maximum atomic E-state index is 11.7. The Morgan fingerprint density at radius 2 is 1.81 bits per heavy atom. The fourth-order valence-electron chi connectivity index (χ4n) is 1.23. The van der Waals surface area contributed by atoms with Crippen molar-refractivity contribution in [3.05, 3.63) is 51.2 Å². The monoisotopic (exact) mass is 342 g/mol. The lowest BCUT2D eigenvalue weighted by molar-refractivity contribution is 0.102. The van der Waals surface area contributed by atoms with E-state index in [2.05, 4.69) is 42.2 Å². The predicted octanol–water partition coefficient (Wildman–Crippen LogP) is 3.79. The molecule has 0 saturated carbocycles. The molecule has 2 N–H and O–H groups in total. The molecule has 16 heavy (non-hydrogen) atoms. The van der Waals surface area contributed by atoms with Crippen LogP contribution in [0.2, 0.25) is 0 Å². The Morgan fingerprint density at radius 1 is 1.12 bits per heavy atom. The van der Waals surface area contributed by atoms with Crippen molar-refractivity contribution in [1.82, 2.24) is 4.98 Å². The molecule has 0 bridgehead atoms. The van der Waals surface area contributed by atoms with Gasteiger partial charge >= 0.3 is 0 Å². The summed E-state index contributed by atoms with van der Waals surface area (Å²) in [7, 11) is 0. The van der Waals surface area contributed by atoms with Crippen LogP contribution in [0, 0.1) is 0 Å². The second kappa shape index (κ2) is 4.84. The molecule has 0 fully saturated rings. The number of aromatic amines is 1. The Labute approximate surface area is 110 Å². The van der Waals surface area contributed by atoms with Crippen LogP contribution in [0.5, 0.6) is 0 Å². The van der Waals surface area contributed by atoms with E-state index in [-0.39, 0.29) is 5.91 Å². The van der Waals surface area contributed by atoms with Gasteiger partial charge in [-0.15, -0.1) is 0 Å². The van der Waals surface area contributed by atoms with Gasteiger partial charge in [-0.25, -0.2) is 0 Å². The topological polar surface area (TPSA) is 44.9 Å². The molecule has 0 aliphatic heterocycles. The molecule has 0 unspecified atom stereocenters. The zero-order chi connectivity index (χ0) is 11.5. The van der Waals surface area contributed by atoms with Crippen LogP contribution in [-0.4, -0.2) is 10.9 Å². The summed E-state index contributed by atoms with van der Waals surface area (Å²) in [5.74, 6) is -0.159. The number of halogens is 2. The Bertz CT molecular complexity index is 505. The van der Waals surface area contributed by atoms with Crippen LogP contribution in [0.25, 0.3) is 0 Å². The zero-order valence-corrected chi connectivity index (χ0v) is 11.3. The van der Waals surface area contributed by atoms with Gasteiger partial charge in [-0.05, 0) is 46.3 Å². The van der Waals surface area contributed by atoms with E-state index in [0.29, 0.717) is 5.69 Å². The normalized spacial score (nSPS) is 10.1. The molecule has 1 heterocycles. The number of hydrogen-bond acceptors (Lipinski definition) is 1. The largest absolute Gasteiger partial charge is 0.356 e. The smallest absolute Gasteiger partial charge is 0.272 e. The molecule has 0 saturated heterocycles. The Hall–Kier alpha value is -1.07. The lowest BCUT2D eigenvalue weighted by Gasteiger charge is -2.03. The molecular formula is C11H8Br2N2O. The molecule has 0 aliphatic carbocycles. The number of carbonyl (C=O) groups excluding carboxylic acids is 1. The molecule has 0 aliphatic rings. The number of benzene rings is 1. The predicted molar refractivity (Wildman–Crippen MR) is 70.6 cm³/mol. The van der Waals surface area contributed by atoms with Crippen molar-refractivity contribution in [1.29, 1.82) is 0 Å². The maximum Gasteiger partial charge on any atom is 0.272 e. The van der Waals surface area contributed by atoms with Crippen molar-refractivity contribution in [2.24, 2.45) is 0 Å². The first-order valence-corrected chi connectivity index (χ1v) is 6.14. The SMILES string of the molecule is O=C(Nc1ccc(Br)cc1)c1cc(Br)c[nH]1.